The number of benzene rings is 1. The van der Waals surface area contributed by atoms with Crippen LogP contribution < -0.4 is 16.0 Å². The number of esters is 1. The third kappa shape index (κ3) is 22.3. The van der Waals surface area contributed by atoms with Crippen LogP contribution in [0.5, 0.6) is 0 Å². The number of thioether (sulfide) groups is 1. The van der Waals surface area contributed by atoms with Gasteiger partial charge in [0.1, 0.15) is 10.7 Å². The first kappa shape index (κ1) is 73.0. The quantitative estimate of drug-likeness (QED) is 0.0401. The number of imide groups is 2. The fourth-order valence-electron chi connectivity index (χ4n) is 10.1. The Balaban J connectivity index is 1.39. The number of thiazole rings is 1. The minimum atomic E-state index is -0.953. The van der Waals surface area contributed by atoms with Crippen molar-refractivity contribution in [3.63, 3.8) is 0 Å². The summed E-state index contributed by atoms with van der Waals surface area (Å²) in [5.74, 6) is -7.27. The van der Waals surface area contributed by atoms with Crippen molar-refractivity contribution < 1.29 is 71.8 Å². The summed E-state index contributed by atoms with van der Waals surface area (Å²) >= 11 is 2.13. The maximum absolute atomic E-state index is 14.5. The van der Waals surface area contributed by atoms with E-state index in [2.05, 4.69) is 16.0 Å². The molecule has 87 heavy (non-hydrogen) atoms. The smallest absolute Gasteiger partial charge is 0.335 e. The highest BCUT2D eigenvalue weighted by atomic mass is 32.2. The number of ketones is 2. The minimum Gasteiger partial charge on any atom is -0.455 e. The number of rotatable bonds is 38. The Hall–Kier alpha value is -6.44. The molecule has 3 N–H and O–H groups in total. The lowest BCUT2D eigenvalue weighted by Gasteiger charge is -2.38. The van der Waals surface area contributed by atoms with Crippen LogP contribution in [0, 0.1) is 30.6 Å². The third-order valence-corrected chi connectivity index (χ3v) is 18.5. The van der Waals surface area contributed by atoms with Gasteiger partial charge in [-0.1, -0.05) is 70.9 Å². The molecule has 1 aromatic carbocycles. The number of aromatic nitrogens is 1. The van der Waals surface area contributed by atoms with Crippen molar-refractivity contribution in [3.8, 4) is 0 Å². The van der Waals surface area contributed by atoms with Gasteiger partial charge in [0, 0.05) is 109 Å². The van der Waals surface area contributed by atoms with Crippen LogP contribution >= 0.6 is 23.1 Å². The molecule has 3 heterocycles. The lowest BCUT2D eigenvalue weighted by Crippen LogP contribution is -2.50. The number of aryl methyl sites for hydroxylation is 1. The predicted octanol–water partition coefficient (Wildman–Crippen LogP) is 5.88. The normalized spacial score (nSPS) is 16.9. The number of Topliss-reactive ketones (excluding diaryl/α,β-unsaturated/α-hetero) is 2. The monoisotopic (exact) mass is 1250 g/mol. The van der Waals surface area contributed by atoms with E-state index < -0.39 is 101 Å². The average molecular weight is 1250 g/mol. The largest absolute Gasteiger partial charge is 0.455 e. The second-order valence-corrected chi connectivity index (χ2v) is 26.0. The topological polar surface area (TPSA) is 294 Å². The molecule has 2 fully saturated rings. The maximum atomic E-state index is 14.5. The molecule has 0 aliphatic carbocycles. The number of likely N-dealkylation sites (tertiary alicyclic amines) is 1. The summed E-state index contributed by atoms with van der Waals surface area (Å²) < 4.78 is 11.1. The molecule has 25 heteroatoms. The van der Waals surface area contributed by atoms with Gasteiger partial charge in [-0.25, -0.2) is 9.78 Å². The summed E-state index contributed by atoms with van der Waals surface area (Å²) in [5, 5.41) is 10.3. The van der Waals surface area contributed by atoms with Crippen LogP contribution in [-0.4, -0.2) is 178 Å². The first-order chi connectivity index (χ1) is 41.0. The molecular weight excluding hydrogens is 1160 g/mol. The fourth-order valence-corrected chi connectivity index (χ4v) is 11.9. The van der Waals surface area contributed by atoms with Gasteiger partial charge in [-0.3, -0.25) is 62.5 Å². The molecule has 2 aliphatic rings. The highest BCUT2D eigenvalue weighted by Gasteiger charge is 2.42. The molecular formula is C62H92N8O15S2. The van der Waals surface area contributed by atoms with Crippen molar-refractivity contribution >= 4 is 93.9 Å². The number of nitrogens with one attached hydrogen (secondary N) is 3. The first-order valence-corrected chi connectivity index (χ1v) is 32.0. The molecule has 4 rings (SSSR count). The Kier molecular flexibility index (Phi) is 29.3. The van der Waals surface area contributed by atoms with Crippen molar-refractivity contribution in [2.75, 3.05) is 53.7 Å². The molecule has 0 spiro atoms. The van der Waals surface area contributed by atoms with Crippen molar-refractivity contribution in [1.29, 1.82) is 0 Å². The van der Waals surface area contributed by atoms with Gasteiger partial charge < -0.3 is 35.2 Å². The molecule has 2 saturated heterocycles. The lowest BCUT2D eigenvalue weighted by atomic mass is 9.81. The van der Waals surface area contributed by atoms with Gasteiger partial charge in [0.05, 0.1) is 29.0 Å². The Labute approximate surface area is 520 Å². The summed E-state index contributed by atoms with van der Waals surface area (Å²) in [5.41, 5.74) is 1.23. The van der Waals surface area contributed by atoms with Crippen LogP contribution in [0.1, 0.15) is 172 Å². The van der Waals surface area contributed by atoms with Crippen molar-refractivity contribution in [2.45, 2.75) is 187 Å². The summed E-state index contributed by atoms with van der Waals surface area (Å²) in [6.07, 6.45) is 1.51. The van der Waals surface area contributed by atoms with E-state index in [0.29, 0.717) is 48.8 Å². The first-order valence-electron chi connectivity index (χ1n) is 30.1. The third-order valence-electron chi connectivity index (χ3n) is 16.4. The number of carbonyl (C=O) groups excluding carboxylic acids is 12. The highest BCUT2D eigenvalue weighted by molar-refractivity contribution is 8.01. The number of carbonyl (C=O) groups is 12. The van der Waals surface area contributed by atoms with E-state index in [-0.39, 0.29) is 111 Å². The van der Waals surface area contributed by atoms with Gasteiger partial charge in [0.15, 0.2) is 17.7 Å². The number of hydrogen-bond acceptors (Lipinski definition) is 19. The van der Waals surface area contributed by atoms with E-state index in [4.69, 9.17) is 19.3 Å². The van der Waals surface area contributed by atoms with Crippen molar-refractivity contribution in [1.82, 2.24) is 40.7 Å². The lowest BCUT2D eigenvalue weighted by molar-refractivity contribution is -0.197. The van der Waals surface area contributed by atoms with Crippen LogP contribution in [0.25, 0.3) is 0 Å². The van der Waals surface area contributed by atoms with E-state index >= 15 is 0 Å². The SMILES string of the molecule is CCC(C)[C@H](CC(=O)C(C)(C)N(C)C)C(=O)N(C)[C@H](C[C@@H](OC(C)=O)c1nc(C(=O)N[C@@H](Cc2ccc(C)cc2)CC(C)C(=O)NC(CCCCNC(=O)CSC2CC(=O)N(CCC(=O)ON3C(=O)CCC3=O)C2=O)C(=O)CCCOC)cs1)C(C)C. The fraction of sp³-hybridized carbons (Fsp3) is 0.661. The second kappa shape index (κ2) is 34.9. The van der Waals surface area contributed by atoms with Gasteiger partial charge in [-0.15, -0.1) is 28.2 Å². The molecule has 2 aromatic rings. The summed E-state index contributed by atoms with van der Waals surface area (Å²) in [6.45, 7) is 16.8. The van der Waals surface area contributed by atoms with Gasteiger partial charge in [0.25, 0.3) is 17.7 Å². The number of amides is 8. The van der Waals surface area contributed by atoms with Crippen LogP contribution in [0.3, 0.4) is 0 Å². The zero-order chi connectivity index (χ0) is 64.9. The van der Waals surface area contributed by atoms with Gasteiger partial charge >= 0.3 is 11.9 Å². The number of nitrogens with zero attached hydrogens (tertiary/aromatic N) is 5. The Morgan fingerprint density at radius 2 is 1.55 bits per heavy atom. The number of unbranched alkanes of at least 4 members (excludes halogenated alkanes) is 1. The number of methoxy groups -OCH3 is 1. The molecule has 0 saturated carbocycles. The van der Waals surface area contributed by atoms with Crippen LogP contribution in [0.15, 0.2) is 29.6 Å². The predicted molar refractivity (Wildman–Crippen MR) is 327 cm³/mol. The van der Waals surface area contributed by atoms with E-state index in [1.54, 1.807) is 24.3 Å². The van der Waals surface area contributed by atoms with Crippen LogP contribution in [0.4, 0.5) is 0 Å². The zero-order valence-corrected chi connectivity index (χ0v) is 54.6. The molecule has 8 amide bonds. The summed E-state index contributed by atoms with van der Waals surface area (Å²) in [4.78, 5) is 171. The standard InChI is InChI=1S/C62H92N8O15S2/c1-14-39(5)44(32-51(73)62(8,9)67(10)11)60(81)68(12)47(37(2)3)33-49(84-41(7)71)59-66-46(35-87-59)58(80)64-43(31-42-22-20-38(4)21-23-42)30-40(6)57(79)65-45(48(72)19-17-29-83-13)18-15-16-27-63-52(74)36-86-50-34-55(77)69(61(50)82)28-26-56(78)85-70-53(75)24-25-54(70)76/h20-23,35,37,39-40,43-45,47,49-50H,14-19,24-34,36H2,1-13H3,(H,63,74)(H,64,80)(H,65,79)/t39?,40?,43-,44+,45?,47-,49-,50?/m1/s1. The van der Waals surface area contributed by atoms with E-state index in [1.807, 2.05) is 91.7 Å². The van der Waals surface area contributed by atoms with E-state index in [9.17, 15) is 57.5 Å². The molecule has 4 unspecified atom stereocenters. The molecule has 482 valence electrons. The Bertz CT molecular complexity index is 2740. The molecule has 8 atom stereocenters. The Morgan fingerprint density at radius 1 is 0.885 bits per heavy atom. The molecule has 23 nitrogen and oxygen atoms in total. The highest BCUT2D eigenvalue weighted by Crippen LogP contribution is 2.34. The van der Waals surface area contributed by atoms with Gasteiger partial charge in [0.2, 0.25) is 29.5 Å². The Morgan fingerprint density at radius 3 is 2.16 bits per heavy atom. The molecule has 1 aromatic heterocycles. The number of ether oxygens (including phenoxy) is 2. The molecule has 0 bridgehead atoms. The van der Waals surface area contributed by atoms with E-state index in [0.717, 1.165) is 39.1 Å². The second-order valence-electron chi connectivity index (χ2n) is 23.9. The average Bonchev–Trinajstić information content (AvgIpc) is 2.96. The maximum Gasteiger partial charge on any atom is 0.335 e. The molecule has 2 aliphatic heterocycles. The van der Waals surface area contributed by atoms with Crippen molar-refractivity contribution in [2.24, 2.45) is 23.7 Å². The van der Waals surface area contributed by atoms with Crippen molar-refractivity contribution in [3.05, 3.63) is 51.5 Å². The van der Waals surface area contributed by atoms with Gasteiger partial charge in [-0.2, -0.15) is 0 Å². The summed E-state index contributed by atoms with van der Waals surface area (Å²) in [7, 11) is 6.92. The zero-order valence-electron chi connectivity index (χ0n) is 53.0. The molecule has 0 radical (unpaired) electrons. The summed E-state index contributed by atoms with van der Waals surface area (Å²) in [6, 6.07) is 5.92. The van der Waals surface area contributed by atoms with Crippen LogP contribution in [0.2, 0.25) is 0 Å². The van der Waals surface area contributed by atoms with E-state index in [1.165, 1.54) is 14.0 Å². The van der Waals surface area contributed by atoms with Gasteiger partial charge in [-0.05, 0) is 90.8 Å². The number of hydrogen-bond donors (Lipinski definition) is 3. The van der Waals surface area contributed by atoms with Crippen LogP contribution in [-0.2, 0) is 73.5 Å². The number of likely N-dealkylation sites (N-methyl/N-ethyl adjacent to an activating group) is 1. The number of hydroxylamine groups is 2. The minimum absolute atomic E-state index is 0.0446.